The van der Waals surface area contributed by atoms with E-state index < -0.39 is 0 Å². The number of hydrogen-bond donors (Lipinski definition) is 1. The van der Waals surface area contributed by atoms with Crippen molar-refractivity contribution in [1.29, 1.82) is 0 Å². The first-order valence-corrected chi connectivity index (χ1v) is 6.53. The highest BCUT2D eigenvalue weighted by Crippen LogP contribution is 2.15. The summed E-state index contributed by atoms with van der Waals surface area (Å²) in [5.41, 5.74) is 1.07. The van der Waals surface area contributed by atoms with E-state index in [0.29, 0.717) is 13.2 Å². The number of para-hydroxylation sites is 1. The van der Waals surface area contributed by atoms with Gasteiger partial charge in [-0.3, -0.25) is 0 Å². The van der Waals surface area contributed by atoms with E-state index in [1.807, 2.05) is 61.5 Å². The van der Waals surface area contributed by atoms with Crippen LogP contribution in [0, 0.1) is 0 Å². The lowest BCUT2D eigenvalue weighted by molar-refractivity contribution is 0.333. The average Bonchev–Trinajstić information content (AvgIpc) is 2.47. The molecule has 0 radical (unpaired) electrons. The Balaban J connectivity index is 1.70. The third kappa shape index (κ3) is 4.54. The van der Waals surface area contributed by atoms with Crippen molar-refractivity contribution in [2.24, 2.45) is 0 Å². The molecule has 1 N–H and O–H groups in total. The Morgan fingerprint density at radius 1 is 0.842 bits per heavy atom. The molecule has 0 saturated heterocycles. The molecule has 0 aliphatic heterocycles. The maximum absolute atomic E-state index is 5.60. The summed E-state index contributed by atoms with van der Waals surface area (Å²) in [6.07, 6.45) is 0. The van der Waals surface area contributed by atoms with Gasteiger partial charge < -0.3 is 14.8 Å². The van der Waals surface area contributed by atoms with Gasteiger partial charge in [-0.05, 0) is 43.3 Å². The molecule has 0 atom stereocenters. The second kappa shape index (κ2) is 7.31. The van der Waals surface area contributed by atoms with E-state index in [2.05, 4.69) is 5.32 Å². The molecule has 2 aromatic rings. The second-order valence-corrected chi connectivity index (χ2v) is 4.05. The summed E-state index contributed by atoms with van der Waals surface area (Å²) in [6, 6.07) is 17.8. The highest BCUT2D eigenvalue weighted by atomic mass is 16.5. The number of nitrogens with one attached hydrogen (secondary N) is 1. The molecule has 0 saturated carbocycles. The van der Waals surface area contributed by atoms with Gasteiger partial charge in [0.1, 0.15) is 18.1 Å². The van der Waals surface area contributed by atoms with Gasteiger partial charge in [-0.25, -0.2) is 0 Å². The predicted molar refractivity (Wildman–Crippen MR) is 78.0 cm³/mol. The molecule has 0 unspecified atom stereocenters. The SMILES string of the molecule is CCOc1ccc(NCCOc2ccccc2)cc1. The number of hydrogen-bond acceptors (Lipinski definition) is 3. The van der Waals surface area contributed by atoms with E-state index >= 15 is 0 Å². The van der Waals surface area contributed by atoms with Crippen LogP contribution in [0.4, 0.5) is 5.69 Å². The van der Waals surface area contributed by atoms with E-state index in [-0.39, 0.29) is 0 Å². The van der Waals surface area contributed by atoms with Crippen LogP contribution < -0.4 is 14.8 Å². The summed E-state index contributed by atoms with van der Waals surface area (Å²) in [6.45, 7) is 4.07. The fourth-order valence-electron chi connectivity index (χ4n) is 1.72. The summed E-state index contributed by atoms with van der Waals surface area (Å²) in [5, 5.41) is 3.30. The Morgan fingerprint density at radius 3 is 2.21 bits per heavy atom. The lowest BCUT2D eigenvalue weighted by atomic mass is 10.3. The zero-order valence-electron chi connectivity index (χ0n) is 11.1. The summed E-state index contributed by atoms with van der Waals surface area (Å²) >= 11 is 0. The van der Waals surface area contributed by atoms with E-state index in [0.717, 1.165) is 23.7 Å². The normalized spacial score (nSPS) is 9.95. The Hall–Kier alpha value is -2.16. The molecule has 0 fully saturated rings. The fourth-order valence-corrected chi connectivity index (χ4v) is 1.72. The van der Waals surface area contributed by atoms with Gasteiger partial charge in [0.25, 0.3) is 0 Å². The van der Waals surface area contributed by atoms with Crippen LogP contribution in [0.25, 0.3) is 0 Å². The molecule has 2 rings (SSSR count). The van der Waals surface area contributed by atoms with Crippen molar-refractivity contribution in [3.8, 4) is 11.5 Å². The monoisotopic (exact) mass is 257 g/mol. The lowest BCUT2D eigenvalue weighted by Gasteiger charge is -2.09. The van der Waals surface area contributed by atoms with Crippen LogP contribution >= 0.6 is 0 Å². The van der Waals surface area contributed by atoms with Gasteiger partial charge in [-0.15, -0.1) is 0 Å². The van der Waals surface area contributed by atoms with Crippen LogP contribution in [0.2, 0.25) is 0 Å². The van der Waals surface area contributed by atoms with Gasteiger partial charge in [0, 0.05) is 12.2 Å². The molecular formula is C16H19NO2. The third-order valence-corrected chi connectivity index (χ3v) is 2.61. The van der Waals surface area contributed by atoms with Gasteiger partial charge in [-0.2, -0.15) is 0 Å². The van der Waals surface area contributed by atoms with E-state index in [4.69, 9.17) is 9.47 Å². The second-order valence-electron chi connectivity index (χ2n) is 4.05. The molecule has 0 amide bonds. The third-order valence-electron chi connectivity index (χ3n) is 2.61. The Kier molecular flexibility index (Phi) is 5.11. The van der Waals surface area contributed by atoms with Crippen LogP contribution in [0.15, 0.2) is 54.6 Å². The van der Waals surface area contributed by atoms with Crippen LogP contribution in [-0.4, -0.2) is 19.8 Å². The minimum absolute atomic E-state index is 0.636. The topological polar surface area (TPSA) is 30.5 Å². The highest BCUT2D eigenvalue weighted by Gasteiger charge is 1.95. The highest BCUT2D eigenvalue weighted by molar-refractivity contribution is 5.46. The molecular weight excluding hydrogens is 238 g/mol. The molecule has 0 bridgehead atoms. The van der Waals surface area contributed by atoms with E-state index in [9.17, 15) is 0 Å². The Labute approximate surface area is 114 Å². The van der Waals surface area contributed by atoms with Crippen LogP contribution in [-0.2, 0) is 0 Å². The number of anilines is 1. The molecule has 0 aliphatic carbocycles. The summed E-state index contributed by atoms with van der Waals surface area (Å²) in [5.74, 6) is 1.80. The van der Waals surface area contributed by atoms with Crippen LogP contribution in [0.5, 0.6) is 11.5 Å². The van der Waals surface area contributed by atoms with Gasteiger partial charge in [0.2, 0.25) is 0 Å². The standard InChI is InChI=1S/C16H19NO2/c1-2-18-16-10-8-14(9-11-16)17-12-13-19-15-6-4-3-5-7-15/h3-11,17H,2,12-13H2,1H3. The van der Waals surface area contributed by atoms with Crippen molar-refractivity contribution in [1.82, 2.24) is 0 Å². The number of ether oxygens (including phenoxy) is 2. The first kappa shape index (κ1) is 13.3. The van der Waals surface area contributed by atoms with Gasteiger partial charge >= 0.3 is 0 Å². The van der Waals surface area contributed by atoms with Gasteiger partial charge in [0.15, 0.2) is 0 Å². The molecule has 0 aromatic heterocycles. The molecule has 19 heavy (non-hydrogen) atoms. The van der Waals surface area contributed by atoms with E-state index in [1.165, 1.54) is 0 Å². The van der Waals surface area contributed by atoms with Gasteiger partial charge in [-0.1, -0.05) is 18.2 Å². The quantitative estimate of drug-likeness (QED) is 0.769. The maximum atomic E-state index is 5.60. The average molecular weight is 257 g/mol. The Bertz CT molecular complexity index is 468. The lowest BCUT2D eigenvalue weighted by Crippen LogP contribution is -2.11. The largest absolute Gasteiger partial charge is 0.494 e. The molecule has 2 aromatic carbocycles. The summed E-state index contributed by atoms with van der Waals surface area (Å²) in [4.78, 5) is 0. The zero-order chi connectivity index (χ0) is 13.3. The van der Waals surface area contributed by atoms with Crippen molar-refractivity contribution in [3.05, 3.63) is 54.6 Å². The Morgan fingerprint density at radius 2 is 1.53 bits per heavy atom. The minimum atomic E-state index is 0.636. The van der Waals surface area contributed by atoms with Gasteiger partial charge in [0.05, 0.1) is 6.61 Å². The fraction of sp³-hybridized carbons (Fsp3) is 0.250. The molecule has 100 valence electrons. The number of rotatable bonds is 7. The predicted octanol–water partition coefficient (Wildman–Crippen LogP) is 3.58. The van der Waals surface area contributed by atoms with Crippen molar-refractivity contribution < 1.29 is 9.47 Å². The summed E-state index contributed by atoms with van der Waals surface area (Å²) < 4.78 is 11.0. The van der Waals surface area contributed by atoms with E-state index in [1.54, 1.807) is 0 Å². The molecule has 3 heteroatoms. The molecule has 3 nitrogen and oxygen atoms in total. The van der Waals surface area contributed by atoms with Crippen molar-refractivity contribution in [3.63, 3.8) is 0 Å². The number of benzene rings is 2. The van der Waals surface area contributed by atoms with Crippen LogP contribution in [0.3, 0.4) is 0 Å². The first-order chi connectivity index (χ1) is 9.38. The summed E-state index contributed by atoms with van der Waals surface area (Å²) in [7, 11) is 0. The zero-order valence-corrected chi connectivity index (χ0v) is 11.1. The first-order valence-electron chi connectivity index (χ1n) is 6.53. The van der Waals surface area contributed by atoms with Crippen molar-refractivity contribution in [2.75, 3.05) is 25.1 Å². The maximum Gasteiger partial charge on any atom is 0.119 e. The van der Waals surface area contributed by atoms with Crippen LogP contribution in [0.1, 0.15) is 6.92 Å². The van der Waals surface area contributed by atoms with Crippen molar-refractivity contribution >= 4 is 5.69 Å². The molecule has 0 aliphatic rings. The van der Waals surface area contributed by atoms with Crippen molar-refractivity contribution in [2.45, 2.75) is 6.92 Å². The minimum Gasteiger partial charge on any atom is -0.494 e. The molecule has 0 spiro atoms. The smallest absolute Gasteiger partial charge is 0.119 e. The molecule has 0 heterocycles.